The second kappa shape index (κ2) is 7.34. The molecule has 0 aromatic heterocycles. The van der Waals surface area contributed by atoms with Crippen LogP contribution in [0.4, 0.5) is 10.5 Å². The highest BCUT2D eigenvalue weighted by Crippen LogP contribution is 2.23. The molecule has 116 valence electrons. The van der Waals surface area contributed by atoms with Crippen LogP contribution in [0, 0.1) is 0 Å². The van der Waals surface area contributed by atoms with Crippen molar-refractivity contribution >= 4 is 34.9 Å². The SMILES string of the molecule is CCC1CN(C(=O)Nc2cc(Cl)cc(Cl)c2)C(CC)CN1. The fourth-order valence-electron chi connectivity index (χ4n) is 2.57. The van der Waals surface area contributed by atoms with Gasteiger partial charge in [0.2, 0.25) is 0 Å². The molecule has 1 heterocycles. The van der Waals surface area contributed by atoms with Crippen LogP contribution >= 0.6 is 23.2 Å². The second-order valence-corrected chi connectivity index (χ2v) is 6.19. The first-order valence-electron chi connectivity index (χ1n) is 7.30. The van der Waals surface area contributed by atoms with Crippen molar-refractivity contribution in [2.75, 3.05) is 18.4 Å². The molecule has 2 amide bonds. The number of hydrogen-bond acceptors (Lipinski definition) is 2. The Labute approximate surface area is 135 Å². The number of amides is 2. The van der Waals surface area contributed by atoms with E-state index in [4.69, 9.17) is 23.2 Å². The molecule has 6 heteroatoms. The molecule has 2 unspecified atom stereocenters. The summed E-state index contributed by atoms with van der Waals surface area (Å²) in [6.45, 7) is 5.76. The minimum Gasteiger partial charge on any atom is -0.319 e. The number of piperazine rings is 1. The van der Waals surface area contributed by atoms with Crippen LogP contribution < -0.4 is 10.6 Å². The number of nitrogens with one attached hydrogen (secondary N) is 2. The first-order chi connectivity index (χ1) is 10.0. The molecule has 1 aromatic carbocycles. The predicted molar refractivity (Wildman–Crippen MR) is 88.3 cm³/mol. The van der Waals surface area contributed by atoms with E-state index in [1.165, 1.54) is 0 Å². The van der Waals surface area contributed by atoms with Crippen molar-refractivity contribution in [3.05, 3.63) is 28.2 Å². The molecule has 2 atom stereocenters. The smallest absolute Gasteiger partial charge is 0.319 e. The number of benzene rings is 1. The van der Waals surface area contributed by atoms with Crippen LogP contribution in [0.5, 0.6) is 0 Å². The number of urea groups is 1. The zero-order valence-corrected chi connectivity index (χ0v) is 13.8. The van der Waals surface area contributed by atoms with E-state index in [0.717, 1.165) is 25.9 Å². The predicted octanol–water partition coefficient (Wildman–Crippen LogP) is 3.99. The van der Waals surface area contributed by atoms with E-state index in [1.807, 2.05) is 4.90 Å². The maximum atomic E-state index is 12.5. The van der Waals surface area contributed by atoms with Crippen molar-refractivity contribution in [1.29, 1.82) is 0 Å². The Bertz CT molecular complexity index is 489. The molecule has 0 saturated carbocycles. The van der Waals surface area contributed by atoms with Gasteiger partial charge in [-0.15, -0.1) is 0 Å². The normalized spacial score (nSPS) is 22.2. The number of carbonyl (C=O) groups is 1. The van der Waals surface area contributed by atoms with Crippen molar-refractivity contribution in [1.82, 2.24) is 10.2 Å². The number of rotatable bonds is 3. The van der Waals surface area contributed by atoms with Gasteiger partial charge >= 0.3 is 6.03 Å². The Morgan fingerprint density at radius 2 is 1.95 bits per heavy atom. The van der Waals surface area contributed by atoms with E-state index in [2.05, 4.69) is 24.5 Å². The van der Waals surface area contributed by atoms with E-state index < -0.39 is 0 Å². The van der Waals surface area contributed by atoms with Gasteiger partial charge in [0.25, 0.3) is 0 Å². The number of hydrogen-bond donors (Lipinski definition) is 2. The summed E-state index contributed by atoms with van der Waals surface area (Å²) in [5.41, 5.74) is 0.624. The fourth-order valence-corrected chi connectivity index (χ4v) is 3.10. The molecule has 1 aliphatic heterocycles. The highest BCUT2D eigenvalue weighted by molar-refractivity contribution is 6.35. The molecule has 4 nitrogen and oxygen atoms in total. The summed E-state index contributed by atoms with van der Waals surface area (Å²) in [6.07, 6.45) is 1.93. The van der Waals surface area contributed by atoms with Gasteiger partial charge < -0.3 is 15.5 Å². The monoisotopic (exact) mass is 329 g/mol. The molecule has 1 aliphatic rings. The molecule has 2 N–H and O–H groups in total. The quantitative estimate of drug-likeness (QED) is 0.880. The second-order valence-electron chi connectivity index (χ2n) is 5.32. The van der Waals surface area contributed by atoms with Gasteiger partial charge in [0, 0.05) is 40.9 Å². The lowest BCUT2D eigenvalue weighted by atomic mass is 10.1. The molecule has 0 aliphatic carbocycles. The van der Waals surface area contributed by atoms with Crippen LogP contribution in [0.1, 0.15) is 26.7 Å². The van der Waals surface area contributed by atoms with Crippen LogP contribution in [0.15, 0.2) is 18.2 Å². The zero-order chi connectivity index (χ0) is 15.4. The van der Waals surface area contributed by atoms with Gasteiger partial charge in [0.05, 0.1) is 0 Å². The number of carbonyl (C=O) groups excluding carboxylic acids is 1. The van der Waals surface area contributed by atoms with Gasteiger partial charge in [-0.25, -0.2) is 4.79 Å². The van der Waals surface area contributed by atoms with E-state index in [-0.39, 0.29) is 12.1 Å². The Morgan fingerprint density at radius 1 is 1.29 bits per heavy atom. The third-order valence-electron chi connectivity index (χ3n) is 3.84. The van der Waals surface area contributed by atoms with Crippen molar-refractivity contribution in [2.24, 2.45) is 0 Å². The third kappa shape index (κ3) is 4.25. The van der Waals surface area contributed by atoms with Crippen molar-refractivity contribution in [2.45, 2.75) is 38.8 Å². The summed E-state index contributed by atoms with van der Waals surface area (Å²) in [7, 11) is 0. The maximum Gasteiger partial charge on any atom is 0.322 e. The average Bonchev–Trinajstić information content (AvgIpc) is 2.45. The van der Waals surface area contributed by atoms with Gasteiger partial charge in [-0.2, -0.15) is 0 Å². The summed E-state index contributed by atoms with van der Waals surface area (Å²) in [5, 5.41) is 7.39. The standard InChI is InChI=1S/C15H21Cl2N3O/c1-3-12-9-20(14(4-2)8-18-12)15(21)19-13-6-10(16)5-11(17)7-13/h5-7,12,14,18H,3-4,8-9H2,1-2H3,(H,19,21). The van der Waals surface area contributed by atoms with Crippen molar-refractivity contribution in [3.63, 3.8) is 0 Å². The summed E-state index contributed by atoms with van der Waals surface area (Å²) in [5.74, 6) is 0. The molecule has 2 rings (SSSR count). The number of anilines is 1. The van der Waals surface area contributed by atoms with Gasteiger partial charge in [-0.3, -0.25) is 0 Å². The molecule has 1 fully saturated rings. The van der Waals surface area contributed by atoms with E-state index in [1.54, 1.807) is 18.2 Å². The zero-order valence-electron chi connectivity index (χ0n) is 12.3. The minimum absolute atomic E-state index is 0.0971. The highest BCUT2D eigenvalue weighted by Gasteiger charge is 2.29. The molecule has 1 aromatic rings. The molecular weight excluding hydrogens is 309 g/mol. The van der Waals surface area contributed by atoms with Gasteiger partial charge in [-0.1, -0.05) is 37.0 Å². The van der Waals surface area contributed by atoms with Gasteiger partial charge in [0.1, 0.15) is 0 Å². The van der Waals surface area contributed by atoms with Crippen molar-refractivity contribution in [3.8, 4) is 0 Å². The maximum absolute atomic E-state index is 12.5. The number of nitrogens with zero attached hydrogens (tertiary/aromatic N) is 1. The molecule has 0 spiro atoms. The molecular formula is C15H21Cl2N3O. The molecule has 1 saturated heterocycles. The topological polar surface area (TPSA) is 44.4 Å². The Balaban J connectivity index is 2.09. The average molecular weight is 330 g/mol. The Kier molecular flexibility index (Phi) is 5.73. The molecule has 21 heavy (non-hydrogen) atoms. The number of halogens is 2. The van der Waals surface area contributed by atoms with E-state index in [9.17, 15) is 4.79 Å². The largest absolute Gasteiger partial charge is 0.322 e. The summed E-state index contributed by atoms with van der Waals surface area (Å²) in [6, 6.07) is 5.51. The summed E-state index contributed by atoms with van der Waals surface area (Å²) in [4.78, 5) is 14.4. The van der Waals surface area contributed by atoms with Gasteiger partial charge in [-0.05, 0) is 31.0 Å². The molecule has 0 radical (unpaired) electrons. The van der Waals surface area contributed by atoms with Crippen LogP contribution in [0.2, 0.25) is 10.0 Å². The lowest BCUT2D eigenvalue weighted by Crippen LogP contribution is -2.58. The van der Waals surface area contributed by atoms with Crippen LogP contribution in [0.25, 0.3) is 0 Å². The summed E-state index contributed by atoms with van der Waals surface area (Å²) >= 11 is 11.9. The highest BCUT2D eigenvalue weighted by atomic mass is 35.5. The fraction of sp³-hybridized carbons (Fsp3) is 0.533. The van der Waals surface area contributed by atoms with Crippen molar-refractivity contribution < 1.29 is 4.79 Å². The third-order valence-corrected chi connectivity index (χ3v) is 4.28. The lowest BCUT2D eigenvalue weighted by molar-refractivity contribution is 0.147. The van der Waals surface area contributed by atoms with E-state index >= 15 is 0 Å². The first-order valence-corrected chi connectivity index (χ1v) is 8.06. The Hall–Kier alpha value is -0.970. The van der Waals surface area contributed by atoms with Crippen LogP contribution in [-0.2, 0) is 0 Å². The summed E-state index contributed by atoms with van der Waals surface area (Å²) < 4.78 is 0. The van der Waals surface area contributed by atoms with Crippen LogP contribution in [0.3, 0.4) is 0 Å². The molecule has 0 bridgehead atoms. The van der Waals surface area contributed by atoms with Gasteiger partial charge in [0.15, 0.2) is 0 Å². The van der Waals surface area contributed by atoms with Crippen LogP contribution in [-0.4, -0.2) is 36.1 Å². The Morgan fingerprint density at radius 3 is 2.52 bits per heavy atom. The lowest BCUT2D eigenvalue weighted by Gasteiger charge is -2.39. The minimum atomic E-state index is -0.0971. The van der Waals surface area contributed by atoms with E-state index in [0.29, 0.717) is 21.8 Å². The first kappa shape index (κ1) is 16.4.